The van der Waals surface area contributed by atoms with E-state index in [1.165, 1.54) is 0 Å². The molecule has 0 aromatic heterocycles. The minimum absolute atomic E-state index is 0.444. The number of nitrogens with one attached hydrogen (secondary N) is 1. The van der Waals surface area contributed by atoms with Crippen LogP contribution in [0.3, 0.4) is 0 Å². The van der Waals surface area contributed by atoms with Crippen LogP contribution in [0.5, 0.6) is 0 Å². The first kappa shape index (κ1) is 15.0. The van der Waals surface area contributed by atoms with E-state index in [0.29, 0.717) is 24.1 Å². The van der Waals surface area contributed by atoms with Crippen LogP contribution in [0.4, 0.5) is 5.69 Å². The Bertz CT molecular complexity index is 493. The number of aliphatic carboxylic acids is 1. The molecular weight excluding hydrogens is 244 g/mol. The third-order valence-electron chi connectivity index (χ3n) is 3.49. The second-order valence-electron chi connectivity index (χ2n) is 4.61. The normalized spacial score (nSPS) is 11.1. The van der Waals surface area contributed by atoms with Crippen molar-refractivity contribution >= 4 is 17.6 Å². The van der Waals surface area contributed by atoms with E-state index in [1.807, 2.05) is 13.8 Å². The number of carboxylic acids is 1. The van der Waals surface area contributed by atoms with Gasteiger partial charge in [-0.1, -0.05) is 13.8 Å². The summed E-state index contributed by atoms with van der Waals surface area (Å²) >= 11 is 0. The van der Waals surface area contributed by atoms with Crippen LogP contribution in [0.1, 0.15) is 42.6 Å². The first-order valence-corrected chi connectivity index (χ1v) is 6.28. The quantitative estimate of drug-likeness (QED) is 0.734. The fourth-order valence-electron chi connectivity index (χ4n) is 2.08. The number of aryl methyl sites for hydroxylation is 1. The van der Waals surface area contributed by atoms with E-state index in [4.69, 9.17) is 5.73 Å². The summed E-state index contributed by atoms with van der Waals surface area (Å²) in [5.41, 5.74) is 6.10. The van der Waals surface area contributed by atoms with Gasteiger partial charge in [-0.25, -0.2) is 4.79 Å². The molecule has 19 heavy (non-hydrogen) atoms. The van der Waals surface area contributed by atoms with Gasteiger partial charge in [0.15, 0.2) is 0 Å². The highest BCUT2D eigenvalue weighted by Gasteiger charge is 2.34. The third kappa shape index (κ3) is 3.05. The number of amides is 1. The van der Waals surface area contributed by atoms with E-state index in [2.05, 4.69) is 5.32 Å². The van der Waals surface area contributed by atoms with Gasteiger partial charge in [0.1, 0.15) is 5.54 Å². The zero-order valence-corrected chi connectivity index (χ0v) is 11.5. The minimum atomic E-state index is -0.985. The van der Waals surface area contributed by atoms with E-state index in [-0.39, 0.29) is 0 Å². The summed E-state index contributed by atoms with van der Waals surface area (Å²) in [6.45, 7) is 5.43. The molecule has 0 aliphatic rings. The average molecular weight is 264 g/mol. The average Bonchev–Trinajstić information content (AvgIpc) is 2.35. The lowest BCUT2D eigenvalue weighted by atomic mass is 9.92. The molecule has 5 heteroatoms. The van der Waals surface area contributed by atoms with Gasteiger partial charge in [-0.05, 0) is 43.5 Å². The van der Waals surface area contributed by atoms with Crippen LogP contribution in [0.25, 0.3) is 0 Å². The van der Waals surface area contributed by atoms with Crippen LogP contribution in [0.15, 0.2) is 18.2 Å². The molecule has 104 valence electrons. The van der Waals surface area contributed by atoms with Gasteiger partial charge in [-0.15, -0.1) is 0 Å². The molecule has 0 fully saturated rings. The second-order valence-corrected chi connectivity index (χ2v) is 4.61. The molecule has 0 spiro atoms. The predicted molar refractivity (Wildman–Crippen MR) is 74.3 cm³/mol. The number of carboxylic acid groups (broad SMARTS) is 1. The molecule has 4 N–H and O–H groups in total. The summed E-state index contributed by atoms with van der Waals surface area (Å²) < 4.78 is 0. The molecule has 0 atom stereocenters. The minimum Gasteiger partial charge on any atom is -0.480 e. The van der Waals surface area contributed by atoms with Crippen molar-refractivity contribution in [3.63, 3.8) is 0 Å². The predicted octanol–water partition coefficient (Wildman–Crippen LogP) is 2.15. The molecule has 0 saturated heterocycles. The van der Waals surface area contributed by atoms with Crippen LogP contribution in [-0.2, 0) is 4.79 Å². The number of benzene rings is 1. The molecule has 0 unspecified atom stereocenters. The van der Waals surface area contributed by atoms with Crippen molar-refractivity contribution < 1.29 is 14.7 Å². The number of primary amides is 1. The molecule has 0 saturated carbocycles. The van der Waals surface area contributed by atoms with E-state index in [1.54, 1.807) is 25.1 Å². The molecular formula is C14H20N2O3. The monoisotopic (exact) mass is 264 g/mol. The topological polar surface area (TPSA) is 92.4 Å². The van der Waals surface area contributed by atoms with Gasteiger partial charge in [0, 0.05) is 11.3 Å². The third-order valence-corrected chi connectivity index (χ3v) is 3.49. The Balaban J connectivity index is 3.08. The molecule has 0 aliphatic carbocycles. The lowest BCUT2D eigenvalue weighted by Gasteiger charge is -2.29. The van der Waals surface area contributed by atoms with Crippen molar-refractivity contribution in [1.82, 2.24) is 0 Å². The maximum atomic E-state index is 11.4. The van der Waals surface area contributed by atoms with E-state index >= 15 is 0 Å². The van der Waals surface area contributed by atoms with Crippen LogP contribution in [-0.4, -0.2) is 22.5 Å². The second kappa shape index (κ2) is 5.73. The summed E-state index contributed by atoms with van der Waals surface area (Å²) in [6, 6.07) is 5.02. The molecule has 1 aromatic carbocycles. The molecule has 0 heterocycles. The molecule has 0 aliphatic heterocycles. The van der Waals surface area contributed by atoms with Crippen LogP contribution >= 0.6 is 0 Å². The Labute approximate surface area is 112 Å². The molecule has 0 bridgehead atoms. The molecule has 0 radical (unpaired) electrons. The maximum Gasteiger partial charge on any atom is 0.329 e. The number of rotatable bonds is 6. The van der Waals surface area contributed by atoms with Gasteiger partial charge in [0.2, 0.25) is 5.91 Å². The standard InChI is InChI=1S/C14H20N2O3/c1-4-14(5-2,13(18)19)16-10-6-7-11(12(15)17)9(3)8-10/h6-8,16H,4-5H2,1-3H3,(H2,15,17)(H,18,19). The largest absolute Gasteiger partial charge is 0.480 e. The van der Waals surface area contributed by atoms with Crippen molar-refractivity contribution in [2.24, 2.45) is 5.73 Å². The van der Waals surface area contributed by atoms with Gasteiger partial charge in [0.05, 0.1) is 0 Å². The van der Waals surface area contributed by atoms with Crippen LogP contribution in [0, 0.1) is 6.92 Å². The van der Waals surface area contributed by atoms with Gasteiger partial charge >= 0.3 is 5.97 Å². The van der Waals surface area contributed by atoms with E-state index in [9.17, 15) is 14.7 Å². The van der Waals surface area contributed by atoms with Crippen molar-refractivity contribution in [3.05, 3.63) is 29.3 Å². The number of hydrogen-bond donors (Lipinski definition) is 3. The fourth-order valence-corrected chi connectivity index (χ4v) is 2.08. The van der Waals surface area contributed by atoms with Crippen molar-refractivity contribution in [2.45, 2.75) is 39.2 Å². The summed E-state index contributed by atoms with van der Waals surface area (Å²) in [4.78, 5) is 22.6. The number of hydrogen-bond acceptors (Lipinski definition) is 3. The number of carbonyl (C=O) groups is 2. The SMILES string of the molecule is CCC(CC)(Nc1ccc(C(N)=O)c(C)c1)C(=O)O. The van der Waals surface area contributed by atoms with Crippen molar-refractivity contribution in [1.29, 1.82) is 0 Å². The molecule has 1 amide bonds. The van der Waals surface area contributed by atoms with Crippen molar-refractivity contribution in [2.75, 3.05) is 5.32 Å². The Morgan fingerprint density at radius 3 is 2.26 bits per heavy atom. The lowest BCUT2D eigenvalue weighted by molar-refractivity contribution is -0.142. The van der Waals surface area contributed by atoms with E-state index in [0.717, 1.165) is 5.56 Å². The highest BCUT2D eigenvalue weighted by molar-refractivity contribution is 5.94. The number of anilines is 1. The Hall–Kier alpha value is -2.04. The summed E-state index contributed by atoms with van der Waals surface area (Å²) in [5.74, 6) is -1.37. The summed E-state index contributed by atoms with van der Waals surface area (Å²) in [6.07, 6.45) is 0.935. The highest BCUT2D eigenvalue weighted by Crippen LogP contribution is 2.24. The van der Waals surface area contributed by atoms with Crippen LogP contribution < -0.4 is 11.1 Å². The highest BCUT2D eigenvalue weighted by atomic mass is 16.4. The summed E-state index contributed by atoms with van der Waals surface area (Å²) in [5, 5.41) is 12.4. The maximum absolute atomic E-state index is 11.4. The zero-order chi connectivity index (χ0) is 14.6. The first-order chi connectivity index (χ1) is 8.86. The molecule has 5 nitrogen and oxygen atoms in total. The lowest BCUT2D eigenvalue weighted by Crippen LogP contribution is -2.45. The van der Waals surface area contributed by atoms with E-state index < -0.39 is 17.4 Å². The van der Waals surface area contributed by atoms with Crippen molar-refractivity contribution in [3.8, 4) is 0 Å². The first-order valence-electron chi connectivity index (χ1n) is 6.28. The van der Waals surface area contributed by atoms with Gasteiger partial charge < -0.3 is 16.2 Å². The number of nitrogens with two attached hydrogens (primary N) is 1. The van der Waals surface area contributed by atoms with Gasteiger partial charge in [-0.3, -0.25) is 4.79 Å². The smallest absolute Gasteiger partial charge is 0.329 e. The summed E-state index contributed by atoms with van der Waals surface area (Å²) in [7, 11) is 0. The Morgan fingerprint density at radius 2 is 1.89 bits per heavy atom. The van der Waals surface area contributed by atoms with Gasteiger partial charge in [-0.2, -0.15) is 0 Å². The Kier molecular flexibility index (Phi) is 4.53. The van der Waals surface area contributed by atoms with Gasteiger partial charge in [0.25, 0.3) is 0 Å². The molecule has 1 rings (SSSR count). The number of carbonyl (C=O) groups excluding carboxylic acids is 1. The molecule has 1 aromatic rings. The fraction of sp³-hybridized carbons (Fsp3) is 0.429. The van der Waals surface area contributed by atoms with Crippen LogP contribution in [0.2, 0.25) is 0 Å². The zero-order valence-electron chi connectivity index (χ0n) is 11.5. The Morgan fingerprint density at radius 1 is 1.32 bits per heavy atom.